The van der Waals surface area contributed by atoms with Crippen molar-refractivity contribution in [3.8, 4) is 0 Å². The van der Waals surface area contributed by atoms with Crippen LogP contribution < -0.4 is 0 Å². The number of nitrogens with zero attached hydrogens (tertiary/aromatic N) is 1. The fourth-order valence-electron chi connectivity index (χ4n) is 1.10. The van der Waals surface area contributed by atoms with Gasteiger partial charge in [0.25, 0.3) is 0 Å². The summed E-state index contributed by atoms with van der Waals surface area (Å²) in [5.74, 6) is -0.249. The number of rotatable bonds is 4. The van der Waals surface area contributed by atoms with Gasteiger partial charge in [-0.05, 0) is 6.42 Å². The zero-order valence-electron chi connectivity index (χ0n) is 7.75. The summed E-state index contributed by atoms with van der Waals surface area (Å²) in [4.78, 5) is 12.1. The summed E-state index contributed by atoms with van der Waals surface area (Å²) >= 11 is 0. The molecule has 0 aromatic carbocycles. The van der Waals surface area contributed by atoms with Crippen LogP contribution in [0.3, 0.4) is 0 Å². The molecule has 1 amide bonds. The maximum atomic E-state index is 13.0. The zero-order chi connectivity index (χ0) is 9.68. The van der Waals surface area contributed by atoms with E-state index in [1.165, 1.54) is 11.1 Å². The van der Waals surface area contributed by atoms with Gasteiger partial charge in [-0.15, -0.1) is 0 Å². The predicted molar refractivity (Wildman–Crippen MR) is 46.8 cm³/mol. The van der Waals surface area contributed by atoms with Gasteiger partial charge in [-0.25, -0.2) is 9.18 Å². The van der Waals surface area contributed by atoms with E-state index in [4.69, 9.17) is 0 Å². The van der Waals surface area contributed by atoms with E-state index < -0.39 is 6.09 Å². The third-order valence-corrected chi connectivity index (χ3v) is 1.86. The highest BCUT2D eigenvalue weighted by Crippen LogP contribution is 2.12. The van der Waals surface area contributed by atoms with Crippen molar-refractivity contribution in [2.24, 2.45) is 0 Å². The fourth-order valence-corrected chi connectivity index (χ4v) is 1.10. The Morgan fingerprint density at radius 1 is 1.77 bits per heavy atom. The summed E-state index contributed by atoms with van der Waals surface area (Å²) in [6.07, 6.45) is 2.95. The Bertz CT molecular complexity index is 216. The van der Waals surface area contributed by atoms with Gasteiger partial charge >= 0.3 is 6.09 Å². The van der Waals surface area contributed by atoms with Gasteiger partial charge in [-0.2, -0.15) is 0 Å². The van der Waals surface area contributed by atoms with Gasteiger partial charge in [0.15, 0.2) is 0 Å². The zero-order valence-corrected chi connectivity index (χ0v) is 7.75. The number of ether oxygens (including phenoxy) is 1. The van der Waals surface area contributed by atoms with Crippen molar-refractivity contribution < 1.29 is 13.9 Å². The van der Waals surface area contributed by atoms with Gasteiger partial charge in [-0.1, -0.05) is 13.3 Å². The number of halogens is 1. The number of carbonyl (C=O) groups excluding carboxylic acids is 1. The molecule has 1 aliphatic rings. The van der Waals surface area contributed by atoms with E-state index in [1.807, 2.05) is 6.92 Å². The second-order valence-electron chi connectivity index (χ2n) is 2.99. The molecule has 1 aliphatic heterocycles. The third-order valence-electron chi connectivity index (χ3n) is 1.86. The number of amides is 1. The van der Waals surface area contributed by atoms with Gasteiger partial charge in [0.05, 0.1) is 6.54 Å². The van der Waals surface area contributed by atoms with Crippen LogP contribution in [0, 0.1) is 0 Å². The molecule has 0 saturated carbocycles. The predicted octanol–water partition coefficient (Wildman–Crippen LogP) is 2.44. The van der Waals surface area contributed by atoms with E-state index in [9.17, 15) is 9.18 Å². The second-order valence-corrected chi connectivity index (χ2v) is 2.99. The van der Waals surface area contributed by atoms with Crippen LogP contribution in [0.25, 0.3) is 0 Å². The third kappa shape index (κ3) is 3.05. The molecule has 1 saturated heterocycles. The largest absolute Gasteiger partial charge is 0.447 e. The standard InChI is InChI=1S/C9H14FNO2/c1-2-3-4-8(10)7-11-5-6-13-9(11)12/h7H,2-6H2,1H3/b8-7-. The first-order chi connectivity index (χ1) is 6.24. The summed E-state index contributed by atoms with van der Waals surface area (Å²) in [7, 11) is 0. The molecule has 0 atom stereocenters. The van der Waals surface area contributed by atoms with Crippen molar-refractivity contribution >= 4 is 6.09 Å². The number of unbranched alkanes of at least 4 members (excludes halogenated alkanes) is 1. The van der Waals surface area contributed by atoms with Crippen LogP contribution >= 0.6 is 0 Å². The molecule has 0 unspecified atom stereocenters. The van der Waals surface area contributed by atoms with Gasteiger partial charge in [0, 0.05) is 12.6 Å². The summed E-state index contributed by atoms with van der Waals surface area (Å²) < 4.78 is 17.7. The van der Waals surface area contributed by atoms with Gasteiger partial charge in [-0.3, -0.25) is 4.90 Å². The van der Waals surface area contributed by atoms with E-state index in [2.05, 4.69) is 4.74 Å². The molecule has 1 heterocycles. The Hall–Kier alpha value is -1.06. The Morgan fingerprint density at radius 3 is 3.08 bits per heavy atom. The van der Waals surface area contributed by atoms with Crippen LogP contribution in [0.15, 0.2) is 12.0 Å². The molecule has 0 N–H and O–H groups in total. The number of cyclic esters (lactones) is 1. The molecule has 4 heteroatoms. The first kappa shape index (κ1) is 10.0. The van der Waals surface area contributed by atoms with Crippen molar-refractivity contribution in [3.05, 3.63) is 12.0 Å². The monoisotopic (exact) mass is 187 g/mol. The van der Waals surface area contributed by atoms with Crippen LogP contribution in [-0.2, 0) is 4.74 Å². The minimum absolute atomic E-state index is 0.249. The average Bonchev–Trinajstić information content (AvgIpc) is 2.48. The molecule has 0 aromatic heterocycles. The topological polar surface area (TPSA) is 29.5 Å². The van der Waals surface area contributed by atoms with Gasteiger partial charge in [0.1, 0.15) is 12.4 Å². The Balaban J connectivity index is 2.39. The Labute approximate surface area is 77.2 Å². The quantitative estimate of drug-likeness (QED) is 0.676. The highest BCUT2D eigenvalue weighted by Gasteiger charge is 2.20. The van der Waals surface area contributed by atoms with Crippen LogP contribution in [0.5, 0.6) is 0 Å². The first-order valence-electron chi connectivity index (χ1n) is 4.53. The van der Waals surface area contributed by atoms with E-state index in [-0.39, 0.29) is 5.83 Å². The highest BCUT2D eigenvalue weighted by molar-refractivity contribution is 5.70. The van der Waals surface area contributed by atoms with Crippen LogP contribution in [0.4, 0.5) is 9.18 Å². The second kappa shape index (κ2) is 4.84. The normalized spacial score (nSPS) is 17.8. The summed E-state index contributed by atoms with van der Waals surface area (Å²) in [5.41, 5.74) is 0. The van der Waals surface area contributed by atoms with Crippen LogP contribution in [0.1, 0.15) is 26.2 Å². The molecule has 0 bridgehead atoms. The van der Waals surface area contributed by atoms with Crippen molar-refractivity contribution in [1.29, 1.82) is 0 Å². The fraction of sp³-hybridized carbons (Fsp3) is 0.667. The van der Waals surface area contributed by atoms with Crippen molar-refractivity contribution in [1.82, 2.24) is 4.90 Å². The SMILES string of the molecule is CCCC/C(F)=C/N1CCOC1=O. The maximum Gasteiger partial charge on any atom is 0.414 e. The highest BCUT2D eigenvalue weighted by atomic mass is 19.1. The smallest absolute Gasteiger partial charge is 0.414 e. The molecule has 0 radical (unpaired) electrons. The van der Waals surface area contributed by atoms with E-state index in [1.54, 1.807) is 0 Å². The molecule has 1 rings (SSSR count). The minimum atomic E-state index is -0.452. The van der Waals surface area contributed by atoms with E-state index in [0.717, 1.165) is 12.8 Å². The number of hydrogen-bond donors (Lipinski definition) is 0. The van der Waals surface area contributed by atoms with Gasteiger partial charge in [0.2, 0.25) is 0 Å². The number of allylic oxidation sites excluding steroid dienone is 1. The van der Waals surface area contributed by atoms with E-state index in [0.29, 0.717) is 19.6 Å². The lowest BCUT2D eigenvalue weighted by Gasteiger charge is -2.05. The van der Waals surface area contributed by atoms with Crippen LogP contribution in [0.2, 0.25) is 0 Å². The molecule has 0 aliphatic carbocycles. The van der Waals surface area contributed by atoms with Gasteiger partial charge < -0.3 is 4.74 Å². The molecule has 0 aromatic rings. The molecule has 0 spiro atoms. The summed E-state index contributed by atoms with van der Waals surface area (Å²) in [6, 6.07) is 0. The van der Waals surface area contributed by atoms with Crippen molar-refractivity contribution in [2.45, 2.75) is 26.2 Å². The number of carbonyl (C=O) groups is 1. The lowest BCUT2D eigenvalue weighted by molar-refractivity contribution is 0.165. The average molecular weight is 187 g/mol. The summed E-state index contributed by atoms with van der Waals surface area (Å²) in [5, 5.41) is 0. The lowest BCUT2D eigenvalue weighted by atomic mass is 10.2. The van der Waals surface area contributed by atoms with Crippen LogP contribution in [-0.4, -0.2) is 24.1 Å². The van der Waals surface area contributed by atoms with E-state index >= 15 is 0 Å². The van der Waals surface area contributed by atoms with Crippen molar-refractivity contribution in [2.75, 3.05) is 13.2 Å². The molecule has 13 heavy (non-hydrogen) atoms. The Kier molecular flexibility index (Phi) is 3.73. The Morgan fingerprint density at radius 2 is 2.54 bits per heavy atom. The minimum Gasteiger partial charge on any atom is -0.447 e. The maximum absolute atomic E-state index is 13.0. The molecule has 74 valence electrons. The molecular formula is C9H14FNO2. The molecular weight excluding hydrogens is 173 g/mol. The lowest BCUT2D eigenvalue weighted by Crippen LogP contribution is -2.17. The molecule has 3 nitrogen and oxygen atoms in total. The van der Waals surface area contributed by atoms with Crippen molar-refractivity contribution in [3.63, 3.8) is 0 Å². The first-order valence-corrected chi connectivity index (χ1v) is 4.53. The molecule has 1 fully saturated rings. The summed E-state index contributed by atoms with van der Waals surface area (Å²) in [6.45, 7) is 2.81. The number of hydrogen-bond acceptors (Lipinski definition) is 2.